The van der Waals surface area contributed by atoms with Crippen LogP contribution < -0.4 is 4.90 Å². The Morgan fingerprint density at radius 1 is 1.27 bits per heavy atom. The van der Waals surface area contributed by atoms with Crippen LogP contribution in [0.15, 0.2) is 42.5 Å². The first-order chi connectivity index (χ1) is 7.74. The van der Waals surface area contributed by atoms with Crippen molar-refractivity contribution >= 4 is 11.8 Å². The maximum atomic E-state index is 6.49. The second kappa shape index (κ2) is 6.04. The van der Waals surface area contributed by atoms with Crippen molar-refractivity contribution in [2.24, 2.45) is 0 Å². The molecule has 1 rings (SSSR count). The predicted molar refractivity (Wildman–Crippen MR) is 66.0 cm³/mol. The summed E-state index contributed by atoms with van der Waals surface area (Å²) < 4.78 is 6.49. The van der Waals surface area contributed by atoms with Gasteiger partial charge in [-0.25, -0.2) is 0 Å². The lowest BCUT2D eigenvalue weighted by molar-refractivity contribution is 0.343. The Labute approximate surface area is 92.7 Å². The molecule has 0 saturated carbocycles. The SMILES string of the molecule is [2H]OCC=CC=Cc1ccc(N(C)C)cc1. The zero-order chi connectivity index (χ0) is 11.8. The van der Waals surface area contributed by atoms with Crippen molar-refractivity contribution in [2.75, 3.05) is 25.6 Å². The fourth-order valence-electron chi connectivity index (χ4n) is 1.18. The highest BCUT2D eigenvalue weighted by Gasteiger charge is 1.92. The fraction of sp³-hybridized carbons (Fsp3) is 0.231. The van der Waals surface area contributed by atoms with E-state index in [1.165, 1.54) is 5.69 Å². The van der Waals surface area contributed by atoms with Crippen molar-refractivity contribution < 1.29 is 5.11 Å². The molecule has 2 heteroatoms. The summed E-state index contributed by atoms with van der Waals surface area (Å²) in [5.74, 6) is 0. The highest BCUT2D eigenvalue weighted by atomic mass is 16.2. The van der Waals surface area contributed by atoms with E-state index in [-0.39, 0.29) is 0 Å². The highest BCUT2D eigenvalue weighted by Crippen LogP contribution is 2.12. The lowest BCUT2D eigenvalue weighted by Gasteiger charge is -2.11. The summed E-state index contributed by atoms with van der Waals surface area (Å²) >= 11 is 0. The zero-order valence-corrected chi connectivity index (χ0v) is 9.18. The average molecular weight is 204 g/mol. The summed E-state index contributed by atoms with van der Waals surface area (Å²) in [7, 11) is 4.04. The molecule has 0 spiro atoms. The molecule has 15 heavy (non-hydrogen) atoms. The van der Waals surface area contributed by atoms with Crippen molar-refractivity contribution in [3.05, 3.63) is 48.1 Å². The lowest BCUT2D eigenvalue weighted by Crippen LogP contribution is -2.07. The molecule has 0 unspecified atom stereocenters. The molecule has 0 aliphatic rings. The van der Waals surface area contributed by atoms with Crippen molar-refractivity contribution in [2.45, 2.75) is 0 Å². The second-order valence-corrected chi connectivity index (χ2v) is 3.44. The van der Waals surface area contributed by atoms with Crippen molar-refractivity contribution in [3.63, 3.8) is 0 Å². The molecule has 80 valence electrons. The molecule has 0 fully saturated rings. The number of hydrogen-bond acceptors (Lipinski definition) is 2. The number of aliphatic hydroxyl groups is 1. The molecule has 0 aromatic heterocycles. The largest absolute Gasteiger partial charge is 0.392 e. The third-order valence-corrected chi connectivity index (χ3v) is 2.04. The van der Waals surface area contributed by atoms with E-state index < -0.39 is 0 Å². The Hall–Kier alpha value is -1.54. The fourth-order valence-corrected chi connectivity index (χ4v) is 1.18. The molecular weight excluding hydrogens is 186 g/mol. The van der Waals surface area contributed by atoms with Gasteiger partial charge in [0.25, 0.3) is 0 Å². The van der Waals surface area contributed by atoms with E-state index in [4.69, 9.17) is 1.43 Å². The molecule has 1 N–H and O–H groups in total. The van der Waals surface area contributed by atoms with Gasteiger partial charge in [0.05, 0.1) is 6.61 Å². The molecule has 0 radical (unpaired) electrons. The monoisotopic (exact) mass is 204 g/mol. The Bertz CT molecular complexity index is 355. The summed E-state index contributed by atoms with van der Waals surface area (Å²) in [6.45, 7) is 0.323. The minimum atomic E-state index is 0.323. The van der Waals surface area contributed by atoms with Gasteiger partial charge in [-0.05, 0) is 17.7 Å². The van der Waals surface area contributed by atoms with Crippen LogP contribution in [0.3, 0.4) is 0 Å². The van der Waals surface area contributed by atoms with Crippen LogP contribution in [-0.2, 0) is 0 Å². The van der Waals surface area contributed by atoms with Crippen LogP contribution in [0, 0.1) is 0 Å². The first kappa shape index (κ1) is 9.99. The van der Waals surface area contributed by atoms with Gasteiger partial charge in [-0.3, -0.25) is 0 Å². The summed E-state index contributed by atoms with van der Waals surface area (Å²) in [4.78, 5) is 2.07. The highest BCUT2D eigenvalue weighted by molar-refractivity contribution is 5.56. The van der Waals surface area contributed by atoms with E-state index in [1.54, 1.807) is 6.08 Å². The second-order valence-electron chi connectivity index (χ2n) is 3.44. The van der Waals surface area contributed by atoms with E-state index in [0.717, 1.165) is 5.56 Å². The van der Waals surface area contributed by atoms with Crippen molar-refractivity contribution in [1.82, 2.24) is 0 Å². The smallest absolute Gasteiger partial charge is 0.210 e. The molecule has 0 aliphatic heterocycles. The first-order valence-corrected chi connectivity index (χ1v) is 4.92. The van der Waals surface area contributed by atoms with E-state index >= 15 is 0 Å². The van der Waals surface area contributed by atoms with Gasteiger partial charge in [0, 0.05) is 19.8 Å². The third kappa shape index (κ3) is 4.00. The number of nitrogens with zero attached hydrogens (tertiary/aromatic N) is 1. The van der Waals surface area contributed by atoms with Gasteiger partial charge >= 0.3 is 0 Å². The van der Waals surface area contributed by atoms with Crippen LogP contribution in [-0.4, -0.2) is 27.2 Å². The van der Waals surface area contributed by atoms with Crippen LogP contribution in [0.5, 0.6) is 0 Å². The van der Waals surface area contributed by atoms with Crippen LogP contribution >= 0.6 is 0 Å². The first-order valence-electron chi connectivity index (χ1n) is 5.33. The summed E-state index contributed by atoms with van der Waals surface area (Å²) in [5, 5.41) is 4.16. The van der Waals surface area contributed by atoms with Gasteiger partial charge in [0.1, 0.15) is 0 Å². The molecule has 0 saturated heterocycles. The number of anilines is 1. The number of allylic oxidation sites excluding steroid dienone is 2. The Morgan fingerprint density at radius 2 is 2.00 bits per heavy atom. The number of benzene rings is 1. The van der Waals surface area contributed by atoms with Gasteiger partial charge in [0.2, 0.25) is 1.43 Å². The third-order valence-electron chi connectivity index (χ3n) is 2.04. The van der Waals surface area contributed by atoms with Gasteiger partial charge < -0.3 is 10.0 Å². The summed E-state index contributed by atoms with van der Waals surface area (Å²) in [6.07, 6.45) is 7.61. The summed E-state index contributed by atoms with van der Waals surface area (Å²) in [6, 6.07) is 8.30. The van der Waals surface area contributed by atoms with Crippen LogP contribution in [0.1, 0.15) is 5.56 Å². The average Bonchev–Trinajstić information content (AvgIpc) is 2.29. The van der Waals surface area contributed by atoms with E-state index in [0.29, 0.717) is 6.61 Å². The molecule has 2 nitrogen and oxygen atoms in total. The number of hydrogen-bond donors (Lipinski definition) is 1. The van der Waals surface area contributed by atoms with Gasteiger partial charge in [-0.2, -0.15) is 0 Å². The predicted octanol–water partition coefficient (Wildman–Crippen LogP) is 2.31. The zero-order valence-electron chi connectivity index (χ0n) is 10.2. The molecular formula is C13H17NO. The molecule has 0 heterocycles. The maximum absolute atomic E-state index is 6.49. The minimum absolute atomic E-state index is 0.323. The van der Waals surface area contributed by atoms with Gasteiger partial charge in [0.15, 0.2) is 0 Å². The molecule has 0 aliphatic carbocycles. The van der Waals surface area contributed by atoms with E-state index in [2.05, 4.69) is 34.3 Å². The number of aliphatic hydroxyl groups excluding tert-OH is 1. The van der Waals surface area contributed by atoms with Crippen molar-refractivity contribution in [3.8, 4) is 0 Å². The quantitative estimate of drug-likeness (QED) is 0.744. The van der Waals surface area contributed by atoms with Gasteiger partial charge in [-0.15, -0.1) is 0 Å². The maximum Gasteiger partial charge on any atom is 0.210 e. The lowest BCUT2D eigenvalue weighted by atomic mass is 10.2. The van der Waals surface area contributed by atoms with Crippen molar-refractivity contribution in [1.29, 1.82) is 1.43 Å². The Kier molecular flexibility index (Phi) is 4.02. The minimum Gasteiger partial charge on any atom is -0.392 e. The molecule has 0 bridgehead atoms. The van der Waals surface area contributed by atoms with E-state index in [9.17, 15) is 0 Å². The molecule has 1 aromatic carbocycles. The van der Waals surface area contributed by atoms with Crippen LogP contribution in [0.25, 0.3) is 6.08 Å². The topological polar surface area (TPSA) is 23.5 Å². The number of rotatable bonds is 5. The van der Waals surface area contributed by atoms with Crippen LogP contribution in [0.2, 0.25) is 0 Å². The van der Waals surface area contributed by atoms with E-state index in [1.807, 2.05) is 32.3 Å². The standard InChI is InChI=1S/C13H17NO/c1-14(2)13-9-7-12(8-10-13)6-4-3-5-11-15/h3-10,15H,11H2,1-2H3/i15D. The molecule has 0 amide bonds. The summed E-state index contributed by atoms with van der Waals surface area (Å²) in [5.41, 5.74) is 2.34. The molecule has 1 aromatic rings. The Balaban J connectivity index is 2.55. The van der Waals surface area contributed by atoms with Gasteiger partial charge in [-0.1, -0.05) is 36.4 Å². The normalized spacial score (nSPS) is 12.3. The van der Waals surface area contributed by atoms with Crippen LogP contribution in [0.4, 0.5) is 5.69 Å². The Morgan fingerprint density at radius 3 is 2.60 bits per heavy atom. The molecule has 0 atom stereocenters.